The molecule has 0 saturated carbocycles. The summed E-state index contributed by atoms with van der Waals surface area (Å²) in [5.74, 6) is 0. The van der Waals surface area contributed by atoms with Gasteiger partial charge in [0.15, 0.2) is 0 Å². The van der Waals surface area contributed by atoms with Crippen LogP contribution in [0.2, 0.25) is 0 Å². The van der Waals surface area contributed by atoms with Crippen molar-refractivity contribution in [1.29, 1.82) is 0 Å². The summed E-state index contributed by atoms with van der Waals surface area (Å²) >= 11 is 0. The molecule has 0 atom stereocenters. The van der Waals surface area contributed by atoms with Gasteiger partial charge in [-0.25, -0.2) is 0 Å². The fourth-order valence-corrected chi connectivity index (χ4v) is 1.96. The van der Waals surface area contributed by atoms with E-state index in [9.17, 15) is 0 Å². The fourth-order valence-electron chi connectivity index (χ4n) is 1.96. The first-order valence-electron chi connectivity index (χ1n) is 4.90. The molecule has 0 radical (unpaired) electrons. The minimum absolute atomic E-state index is 1.15. The van der Waals surface area contributed by atoms with Crippen molar-refractivity contribution in [3.05, 3.63) is 46.0 Å². The van der Waals surface area contributed by atoms with Crippen LogP contribution in [0.1, 0.15) is 30.5 Å². The highest BCUT2D eigenvalue weighted by atomic mass is 14.2. The summed E-state index contributed by atoms with van der Waals surface area (Å²) in [7, 11) is 0. The van der Waals surface area contributed by atoms with E-state index in [2.05, 4.69) is 39.0 Å². The number of hydrogen-bond acceptors (Lipinski definition) is 0. The Morgan fingerprint density at radius 3 is 2.15 bits per heavy atom. The van der Waals surface area contributed by atoms with Gasteiger partial charge in [-0.1, -0.05) is 34.9 Å². The summed E-state index contributed by atoms with van der Waals surface area (Å²) in [5, 5.41) is 0. The Labute approximate surface area is 80.3 Å². The van der Waals surface area contributed by atoms with E-state index < -0.39 is 0 Å². The van der Waals surface area contributed by atoms with Gasteiger partial charge in [-0.3, -0.25) is 0 Å². The summed E-state index contributed by atoms with van der Waals surface area (Å²) in [4.78, 5) is 0. The average molecular weight is 172 g/mol. The number of hydrogen-bond donors (Lipinski definition) is 0. The highest BCUT2D eigenvalue weighted by Gasteiger charge is 2.11. The van der Waals surface area contributed by atoms with Gasteiger partial charge in [0, 0.05) is 0 Å². The molecule has 1 aliphatic rings. The maximum Gasteiger partial charge on any atom is -0.00642 e. The first-order chi connectivity index (χ1) is 6.16. The Morgan fingerprint density at radius 1 is 0.846 bits per heavy atom. The molecule has 0 N–H and O–H groups in total. The van der Waals surface area contributed by atoms with Crippen LogP contribution in [0.25, 0.3) is 0 Å². The summed E-state index contributed by atoms with van der Waals surface area (Å²) < 4.78 is 0. The summed E-state index contributed by atoms with van der Waals surface area (Å²) in [6, 6.07) is 6.82. The Morgan fingerprint density at radius 2 is 1.46 bits per heavy atom. The largest absolute Gasteiger partial charge is 0.0697 e. The smallest absolute Gasteiger partial charge is 0.00642 e. The van der Waals surface area contributed by atoms with E-state index in [0.29, 0.717) is 0 Å². The second kappa shape index (κ2) is 3.02. The van der Waals surface area contributed by atoms with Gasteiger partial charge in [-0.2, -0.15) is 0 Å². The molecule has 13 heavy (non-hydrogen) atoms. The van der Waals surface area contributed by atoms with Crippen LogP contribution in [0.4, 0.5) is 0 Å². The SMILES string of the molecule is CC1=C(C)Cc2cc(C)ccc2C1. The number of benzene rings is 1. The zero-order valence-electron chi connectivity index (χ0n) is 8.65. The molecule has 1 aromatic carbocycles. The van der Waals surface area contributed by atoms with Gasteiger partial charge in [-0.05, 0) is 44.7 Å². The lowest BCUT2D eigenvalue weighted by Gasteiger charge is -2.19. The lowest BCUT2D eigenvalue weighted by molar-refractivity contribution is 0.949. The number of allylic oxidation sites excluding steroid dienone is 2. The van der Waals surface area contributed by atoms with Crippen molar-refractivity contribution >= 4 is 0 Å². The van der Waals surface area contributed by atoms with E-state index in [1.807, 2.05) is 0 Å². The Balaban J connectivity index is 2.44. The zero-order chi connectivity index (χ0) is 9.42. The molecule has 1 aromatic rings. The summed E-state index contributed by atoms with van der Waals surface area (Å²) in [5.41, 5.74) is 7.54. The molecule has 0 saturated heterocycles. The van der Waals surface area contributed by atoms with Crippen molar-refractivity contribution in [3.8, 4) is 0 Å². The predicted molar refractivity (Wildman–Crippen MR) is 57.0 cm³/mol. The molecule has 2 rings (SSSR count). The number of rotatable bonds is 0. The Bertz CT molecular complexity index is 370. The topological polar surface area (TPSA) is 0 Å². The van der Waals surface area contributed by atoms with E-state index >= 15 is 0 Å². The summed E-state index contributed by atoms with van der Waals surface area (Å²) in [6.07, 6.45) is 2.31. The monoisotopic (exact) mass is 172 g/mol. The molecular weight excluding hydrogens is 156 g/mol. The molecule has 0 spiro atoms. The van der Waals surface area contributed by atoms with E-state index in [0.717, 1.165) is 12.8 Å². The first-order valence-corrected chi connectivity index (χ1v) is 4.90. The Kier molecular flexibility index (Phi) is 1.99. The second-order valence-electron chi connectivity index (χ2n) is 4.19. The molecule has 0 heteroatoms. The zero-order valence-corrected chi connectivity index (χ0v) is 8.65. The predicted octanol–water partition coefficient (Wildman–Crippen LogP) is 3.43. The molecule has 0 aromatic heterocycles. The highest BCUT2D eigenvalue weighted by Crippen LogP contribution is 2.26. The number of fused-ring (bicyclic) bond motifs is 1. The van der Waals surface area contributed by atoms with Crippen LogP contribution in [0, 0.1) is 6.92 Å². The van der Waals surface area contributed by atoms with Gasteiger partial charge in [0.25, 0.3) is 0 Å². The quantitative estimate of drug-likeness (QED) is 0.526. The van der Waals surface area contributed by atoms with Gasteiger partial charge >= 0.3 is 0 Å². The molecule has 1 aliphatic carbocycles. The van der Waals surface area contributed by atoms with Gasteiger partial charge in [0.05, 0.1) is 0 Å². The van der Waals surface area contributed by atoms with Crippen LogP contribution in [0.5, 0.6) is 0 Å². The Hall–Kier alpha value is -1.04. The molecule has 0 amide bonds. The molecule has 68 valence electrons. The van der Waals surface area contributed by atoms with Crippen molar-refractivity contribution in [1.82, 2.24) is 0 Å². The van der Waals surface area contributed by atoms with Crippen LogP contribution >= 0.6 is 0 Å². The third-order valence-corrected chi connectivity index (χ3v) is 3.00. The lowest BCUT2D eigenvalue weighted by atomic mass is 9.87. The minimum Gasteiger partial charge on any atom is -0.0697 e. The van der Waals surface area contributed by atoms with E-state index in [-0.39, 0.29) is 0 Å². The lowest BCUT2D eigenvalue weighted by Crippen LogP contribution is -2.05. The molecule has 0 unspecified atom stereocenters. The van der Waals surface area contributed by atoms with Crippen molar-refractivity contribution < 1.29 is 0 Å². The van der Waals surface area contributed by atoms with E-state index in [1.54, 1.807) is 11.1 Å². The van der Waals surface area contributed by atoms with Crippen LogP contribution in [0.15, 0.2) is 29.3 Å². The molecule has 0 fully saturated rings. The minimum atomic E-state index is 1.15. The maximum atomic E-state index is 2.32. The molecular formula is C13H16. The normalized spacial score (nSPS) is 15.9. The molecule has 0 bridgehead atoms. The van der Waals surface area contributed by atoms with Crippen LogP contribution < -0.4 is 0 Å². The molecule has 0 nitrogen and oxygen atoms in total. The molecule has 0 heterocycles. The van der Waals surface area contributed by atoms with E-state index in [4.69, 9.17) is 0 Å². The van der Waals surface area contributed by atoms with Gasteiger partial charge in [-0.15, -0.1) is 0 Å². The van der Waals surface area contributed by atoms with Crippen molar-refractivity contribution in [2.75, 3.05) is 0 Å². The van der Waals surface area contributed by atoms with E-state index in [1.165, 1.54) is 16.7 Å². The average Bonchev–Trinajstić information content (AvgIpc) is 2.08. The van der Waals surface area contributed by atoms with Crippen molar-refractivity contribution in [2.24, 2.45) is 0 Å². The number of aryl methyl sites for hydroxylation is 1. The van der Waals surface area contributed by atoms with Gasteiger partial charge in [0.1, 0.15) is 0 Å². The standard InChI is InChI=1S/C13H16/c1-9-4-5-12-7-10(2)11(3)8-13(12)6-9/h4-6H,7-8H2,1-3H3. The highest BCUT2D eigenvalue weighted by molar-refractivity contribution is 5.41. The summed E-state index contributed by atoms with van der Waals surface area (Å²) in [6.45, 7) is 6.67. The third kappa shape index (κ3) is 1.53. The van der Waals surface area contributed by atoms with Crippen molar-refractivity contribution in [3.63, 3.8) is 0 Å². The van der Waals surface area contributed by atoms with Crippen molar-refractivity contribution in [2.45, 2.75) is 33.6 Å². The second-order valence-corrected chi connectivity index (χ2v) is 4.19. The van der Waals surface area contributed by atoms with Crippen LogP contribution in [0.3, 0.4) is 0 Å². The van der Waals surface area contributed by atoms with Gasteiger partial charge < -0.3 is 0 Å². The first kappa shape index (κ1) is 8.55. The fraction of sp³-hybridized carbons (Fsp3) is 0.385. The van der Waals surface area contributed by atoms with Gasteiger partial charge in [0.2, 0.25) is 0 Å². The molecule has 0 aliphatic heterocycles. The third-order valence-electron chi connectivity index (χ3n) is 3.00. The van der Waals surface area contributed by atoms with Crippen LogP contribution in [-0.4, -0.2) is 0 Å². The van der Waals surface area contributed by atoms with Crippen LogP contribution in [-0.2, 0) is 12.8 Å². The maximum absolute atomic E-state index is 2.32.